The highest BCUT2D eigenvalue weighted by Crippen LogP contribution is 2.39. The topological polar surface area (TPSA) is 35.2 Å². The quantitative estimate of drug-likeness (QED) is 0.616. The van der Waals surface area contributed by atoms with Crippen LogP contribution in [0.25, 0.3) is 0 Å². The first-order valence-electron chi connectivity index (χ1n) is 7.55. The summed E-state index contributed by atoms with van der Waals surface area (Å²) < 4.78 is 78.2. The maximum atomic E-state index is 13.0. The summed E-state index contributed by atoms with van der Waals surface area (Å²) >= 11 is -0.317. The molecule has 0 saturated heterocycles. The van der Waals surface area contributed by atoms with Crippen LogP contribution in [0.3, 0.4) is 0 Å². The van der Waals surface area contributed by atoms with Crippen LogP contribution >= 0.6 is 11.9 Å². The molecule has 0 aliphatic carbocycles. The number of fused-ring (bicyclic) bond motifs is 1. The zero-order valence-electron chi connectivity index (χ0n) is 13.2. The third kappa shape index (κ3) is 4.64. The molecule has 0 bridgehead atoms. The van der Waals surface area contributed by atoms with Crippen LogP contribution in [0.15, 0.2) is 30.7 Å². The molecule has 1 aliphatic rings. The molecule has 2 aromatic rings. The summed E-state index contributed by atoms with van der Waals surface area (Å²) in [6.45, 7) is 0.362. The van der Waals surface area contributed by atoms with E-state index in [0.29, 0.717) is 17.9 Å². The Morgan fingerprint density at radius 2 is 1.88 bits per heavy atom. The van der Waals surface area contributed by atoms with Gasteiger partial charge in [-0.05, 0) is 23.8 Å². The van der Waals surface area contributed by atoms with Gasteiger partial charge in [0.25, 0.3) is 0 Å². The fraction of sp³-hybridized carbons (Fsp3) is 0.400. The van der Waals surface area contributed by atoms with Crippen molar-refractivity contribution in [2.24, 2.45) is 0 Å². The Bertz CT molecular complexity index is 744. The van der Waals surface area contributed by atoms with Crippen molar-refractivity contribution in [2.45, 2.75) is 24.8 Å². The normalized spacial score (nSPS) is 16.5. The molecule has 0 unspecified atom stereocenters. The van der Waals surface area contributed by atoms with Gasteiger partial charge in [-0.3, -0.25) is 0 Å². The monoisotopic (exact) mass is 396 g/mol. The molecule has 1 aromatic heterocycles. The van der Waals surface area contributed by atoms with Crippen molar-refractivity contribution in [2.75, 3.05) is 18.0 Å². The summed E-state index contributed by atoms with van der Waals surface area (Å²) in [6, 6.07) is 3.19. The lowest BCUT2D eigenvalue weighted by molar-refractivity contribution is -0.137. The van der Waals surface area contributed by atoms with Crippen LogP contribution in [0.4, 0.5) is 32.0 Å². The van der Waals surface area contributed by atoms with E-state index in [1.165, 1.54) is 12.4 Å². The molecule has 0 fully saturated rings. The van der Waals surface area contributed by atoms with Gasteiger partial charge < -0.3 is 9.88 Å². The Hall–Kier alpha value is -1.88. The molecule has 0 amide bonds. The van der Waals surface area contributed by atoms with Gasteiger partial charge in [-0.2, -0.15) is 26.3 Å². The van der Waals surface area contributed by atoms with E-state index in [1.807, 2.05) is 0 Å². The van der Waals surface area contributed by atoms with Gasteiger partial charge in [-0.1, -0.05) is 0 Å². The SMILES string of the molecule is FC(F)(F)SN1CCN(Cc2cnc[nH]2)c2ccc(C(F)(F)F)cc2C1. The third-order valence-corrected chi connectivity index (χ3v) is 4.64. The van der Waals surface area contributed by atoms with E-state index in [-0.39, 0.29) is 37.1 Å². The van der Waals surface area contributed by atoms with Crippen LogP contribution < -0.4 is 4.90 Å². The zero-order chi connectivity index (χ0) is 18.9. The molecule has 4 nitrogen and oxygen atoms in total. The molecule has 3 rings (SSSR count). The second-order valence-electron chi connectivity index (χ2n) is 5.74. The number of H-pyrrole nitrogens is 1. The van der Waals surface area contributed by atoms with Gasteiger partial charge in [0.15, 0.2) is 0 Å². The predicted molar refractivity (Wildman–Crippen MR) is 85.1 cm³/mol. The van der Waals surface area contributed by atoms with Crippen molar-refractivity contribution in [1.29, 1.82) is 0 Å². The van der Waals surface area contributed by atoms with Crippen molar-refractivity contribution in [3.8, 4) is 0 Å². The lowest BCUT2D eigenvalue weighted by atomic mass is 10.1. The van der Waals surface area contributed by atoms with Gasteiger partial charge in [0.2, 0.25) is 0 Å². The standard InChI is InChI=1S/C15H14F6N4S/c16-14(17,18)11-1-2-13-10(5-11)7-25(26-15(19,20)21)4-3-24(13)8-12-6-22-9-23-12/h1-2,5-6,9H,3-4,7-8H2,(H,22,23). The minimum absolute atomic E-state index is 0.0499. The van der Waals surface area contributed by atoms with Gasteiger partial charge in [0, 0.05) is 43.5 Å². The second-order valence-corrected chi connectivity index (χ2v) is 6.90. The van der Waals surface area contributed by atoms with E-state index in [4.69, 9.17) is 0 Å². The lowest BCUT2D eigenvalue weighted by Gasteiger charge is -2.24. The van der Waals surface area contributed by atoms with Crippen molar-refractivity contribution >= 4 is 17.6 Å². The van der Waals surface area contributed by atoms with E-state index in [0.717, 1.165) is 16.4 Å². The fourth-order valence-corrected chi connectivity index (χ4v) is 3.45. The van der Waals surface area contributed by atoms with E-state index < -0.39 is 17.2 Å². The number of hydrogen-bond donors (Lipinski definition) is 1. The maximum Gasteiger partial charge on any atom is 0.456 e. The first-order chi connectivity index (χ1) is 12.1. The number of rotatable bonds is 3. The molecule has 142 valence electrons. The van der Waals surface area contributed by atoms with Gasteiger partial charge in [-0.15, -0.1) is 0 Å². The molecule has 11 heteroatoms. The number of hydrogen-bond acceptors (Lipinski definition) is 4. The van der Waals surface area contributed by atoms with E-state index in [2.05, 4.69) is 9.97 Å². The van der Waals surface area contributed by atoms with Crippen molar-refractivity contribution in [3.63, 3.8) is 0 Å². The molecular weight excluding hydrogens is 382 g/mol. The number of nitrogens with one attached hydrogen (secondary N) is 1. The highest BCUT2D eigenvalue weighted by atomic mass is 32.2. The number of aromatic nitrogens is 2. The van der Waals surface area contributed by atoms with Gasteiger partial charge in [0.05, 0.1) is 24.1 Å². The zero-order valence-corrected chi connectivity index (χ0v) is 14.0. The summed E-state index contributed by atoms with van der Waals surface area (Å²) in [4.78, 5) is 8.52. The largest absolute Gasteiger partial charge is 0.456 e. The number of anilines is 1. The smallest absolute Gasteiger partial charge is 0.364 e. The molecule has 1 N–H and O–H groups in total. The summed E-state index contributed by atoms with van der Waals surface area (Å²) in [5.41, 5.74) is -3.98. The number of imidazole rings is 1. The lowest BCUT2D eigenvalue weighted by Crippen LogP contribution is -2.29. The molecule has 1 aromatic carbocycles. The Morgan fingerprint density at radius 1 is 1.12 bits per heavy atom. The first-order valence-corrected chi connectivity index (χ1v) is 8.32. The number of aromatic amines is 1. The molecule has 26 heavy (non-hydrogen) atoms. The Morgan fingerprint density at radius 3 is 2.50 bits per heavy atom. The molecular formula is C15H14F6N4S. The molecule has 0 radical (unpaired) electrons. The van der Waals surface area contributed by atoms with Crippen LogP contribution in [-0.2, 0) is 19.3 Å². The van der Waals surface area contributed by atoms with Crippen LogP contribution in [0, 0.1) is 0 Å². The minimum atomic E-state index is -4.56. The van der Waals surface area contributed by atoms with E-state index in [1.54, 1.807) is 11.1 Å². The first kappa shape index (κ1) is 18.9. The maximum absolute atomic E-state index is 13.0. The van der Waals surface area contributed by atoms with Gasteiger partial charge >= 0.3 is 11.7 Å². The molecule has 0 spiro atoms. The Kier molecular flexibility index (Phi) is 5.11. The Balaban J connectivity index is 1.94. The van der Waals surface area contributed by atoms with Crippen molar-refractivity contribution < 1.29 is 26.3 Å². The van der Waals surface area contributed by atoms with Crippen LogP contribution in [0.2, 0.25) is 0 Å². The Labute approximate surface area is 149 Å². The number of halogens is 6. The predicted octanol–water partition coefficient (Wildman–Crippen LogP) is 4.42. The van der Waals surface area contributed by atoms with Crippen LogP contribution in [0.1, 0.15) is 16.8 Å². The van der Waals surface area contributed by atoms with Crippen molar-refractivity contribution in [1.82, 2.24) is 14.3 Å². The second kappa shape index (κ2) is 7.03. The summed E-state index contributed by atoms with van der Waals surface area (Å²) in [6.07, 6.45) is -1.53. The van der Waals surface area contributed by atoms with Crippen LogP contribution in [-0.4, -0.2) is 32.9 Å². The number of benzene rings is 1. The van der Waals surface area contributed by atoms with E-state index in [9.17, 15) is 26.3 Å². The summed E-state index contributed by atoms with van der Waals surface area (Å²) in [5, 5.41) is 0. The van der Waals surface area contributed by atoms with Gasteiger partial charge in [0.1, 0.15) is 0 Å². The summed E-state index contributed by atoms with van der Waals surface area (Å²) in [5.74, 6) is 0. The molecule has 2 heterocycles. The van der Waals surface area contributed by atoms with Crippen LogP contribution in [0.5, 0.6) is 0 Å². The average Bonchev–Trinajstić information content (AvgIpc) is 2.96. The third-order valence-electron chi connectivity index (χ3n) is 3.86. The van der Waals surface area contributed by atoms with Gasteiger partial charge in [-0.25, -0.2) is 9.29 Å². The highest BCUT2D eigenvalue weighted by Gasteiger charge is 2.36. The van der Waals surface area contributed by atoms with Crippen molar-refractivity contribution in [3.05, 3.63) is 47.5 Å². The molecule has 1 aliphatic heterocycles. The number of nitrogens with zero attached hydrogens (tertiary/aromatic N) is 3. The molecule has 0 saturated carbocycles. The minimum Gasteiger partial charge on any atom is -0.364 e. The van der Waals surface area contributed by atoms with E-state index >= 15 is 0 Å². The average molecular weight is 396 g/mol. The summed E-state index contributed by atoms with van der Waals surface area (Å²) in [7, 11) is 0. The number of alkyl halides is 6. The molecule has 0 atom stereocenters. The fourth-order valence-electron chi connectivity index (χ4n) is 2.78. The highest BCUT2D eigenvalue weighted by molar-refractivity contribution is 7.97.